The van der Waals surface area contributed by atoms with Gasteiger partial charge in [0, 0.05) is 53.0 Å². The third kappa shape index (κ3) is 7.31. The molecule has 0 bridgehead atoms. The molecular formula is C14H30N2O2. The van der Waals surface area contributed by atoms with E-state index in [-0.39, 0.29) is 0 Å². The second-order valence-corrected chi connectivity index (χ2v) is 5.00. The van der Waals surface area contributed by atoms with Crippen molar-refractivity contribution in [3.63, 3.8) is 0 Å². The lowest BCUT2D eigenvalue weighted by Gasteiger charge is -2.34. The number of piperazine rings is 1. The summed E-state index contributed by atoms with van der Waals surface area (Å²) in [6.07, 6.45) is 3.77. The Balaban J connectivity index is 1.92. The molecular weight excluding hydrogens is 228 g/mol. The van der Waals surface area contributed by atoms with E-state index in [9.17, 15) is 0 Å². The van der Waals surface area contributed by atoms with Gasteiger partial charge >= 0.3 is 0 Å². The van der Waals surface area contributed by atoms with Crippen LogP contribution in [-0.4, -0.2) is 76.0 Å². The van der Waals surface area contributed by atoms with Crippen LogP contribution < -0.4 is 0 Å². The maximum absolute atomic E-state index is 5.65. The molecule has 4 heteroatoms. The summed E-state index contributed by atoms with van der Waals surface area (Å²) < 4.78 is 10.8. The van der Waals surface area contributed by atoms with E-state index < -0.39 is 0 Å². The summed E-state index contributed by atoms with van der Waals surface area (Å²) in [5.74, 6) is 0. The van der Waals surface area contributed by atoms with Crippen LogP contribution in [0.5, 0.6) is 0 Å². The Hall–Kier alpha value is -0.160. The fraction of sp³-hybridized carbons (Fsp3) is 1.00. The molecule has 1 aliphatic heterocycles. The predicted molar refractivity (Wildman–Crippen MR) is 75.1 cm³/mol. The molecule has 18 heavy (non-hydrogen) atoms. The van der Waals surface area contributed by atoms with Crippen LogP contribution in [0.3, 0.4) is 0 Å². The highest BCUT2D eigenvalue weighted by Gasteiger charge is 2.15. The van der Waals surface area contributed by atoms with E-state index in [1.54, 1.807) is 7.11 Å². The summed E-state index contributed by atoms with van der Waals surface area (Å²) >= 11 is 0. The van der Waals surface area contributed by atoms with Crippen molar-refractivity contribution in [2.45, 2.75) is 26.2 Å². The number of hydrogen-bond acceptors (Lipinski definition) is 4. The van der Waals surface area contributed by atoms with Gasteiger partial charge in [-0.05, 0) is 6.42 Å². The Labute approximate surface area is 112 Å². The normalized spacial score (nSPS) is 18.3. The highest BCUT2D eigenvalue weighted by Crippen LogP contribution is 2.01. The highest BCUT2D eigenvalue weighted by molar-refractivity contribution is 4.71. The number of unbranched alkanes of at least 4 members (excludes halogenated alkanes) is 2. The Kier molecular flexibility index (Phi) is 9.48. The number of rotatable bonds is 10. The Morgan fingerprint density at radius 2 is 1.44 bits per heavy atom. The molecule has 1 saturated heterocycles. The molecule has 0 N–H and O–H groups in total. The maximum Gasteiger partial charge on any atom is 0.0593 e. The molecule has 4 nitrogen and oxygen atoms in total. The highest BCUT2D eigenvalue weighted by atomic mass is 16.5. The summed E-state index contributed by atoms with van der Waals surface area (Å²) in [6.45, 7) is 11.7. The number of nitrogens with zero attached hydrogens (tertiary/aromatic N) is 2. The lowest BCUT2D eigenvalue weighted by atomic mass is 10.3. The molecule has 1 rings (SSSR count). The van der Waals surface area contributed by atoms with Crippen molar-refractivity contribution in [1.29, 1.82) is 0 Å². The average Bonchev–Trinajstić information content (AvgIpc) is 2.42. The Morgan fingerprint density at radius 1 is 0.833 bits per heavy atom. The molecule has 0 radical (unpaired) electrons. The molecule has 1 aliphatic rings. The summed E-state index contributed by atoms with van der Waals surface area (Å²) in [5, 5.41) is 0. The second-order valence-electron chi connectivity index (χ2n) is 5.00. The smallest absolute Gasteiger partial charge is 0.0593 e. The van der Waals surface area contributed by atoms with Crippen molar-refractivity contribution < 1.29 is 9.47 Å². The maximum atomic E-state index is 5.65. The second kappa shape index (κ2) is 10.7. The van der Waals surface area contributed by atoms with Gasteiger partial charge in [-0.15, -0.1) is 0 Å². The lowest BCUT2D eigenvalue weighted by molar-refractivity contribution is 0.0643. The molecule has 0 aromatic heterocycles. The van der Waals surface area contributed by atoms with Gasteiger partial charge in [0.25, 0.3) is 0 Å². The van der Waals surface area contributed by atoms with Crippen LogP contribution in [0.2, 0.25) is 0 Å². The minimum Gasteiger partial charge on any atom is -0.383 e. The van der Waals surface area contributed by atoms with Crippen LogP contribution in [0, 0.1) is 0 Å². The summed E-state index contributed by atoms with van der Waals surface area (Å²) in [7, 11) is 1.77. The first-order chi connectivity index (χ1) is 8.86. The summed E-state index contributed by atoms with van der Waals surface area (Å²) in [6, 6.07) is 0. The van der Waals surface area contributed by atoms with E-state index in [4.69, 9.17) is 9.47 Å². The molecule has 0 spiro atoms. The molecule has 1 fully saturated rings. The van der Waals surface area contributed by atoms with E-state index >= 15 is 0 Å². The summed E-state index contributed by atoms with van der Waals surface area (Å²) in [4.78, 5) is 4.98. The molecule has 0 atom stereocenters. The molecule has 0 aliphatic carbocycles. The minimum absolute atomic E-state index is 0.848. The standard InChI is InChI=1S/C14H30N2O2/c1-3-4-5-12-18-14-11-16-8-6-15(7-9-16)10-13-17-2/h3-14H2,1-2H3. The van der Waals surface area contributed by atoms with Crippen LogP contribution >= 0.6 is 0 Å². The van der Waals surface area contributed by atoms with Gasteiger partial charge in [-0.3, -0.25) is 9.80 Å². The van der Waals surface area contributed by atoms with Gasteiger partial charge in [0.15, 0.2) is 0 Å². The van der Waals surface area contributed by atoms with Crippen molar-refractivity contribution in [2.24, 2.45) is 0 Å². The zero-order valence-electron chi connectivity index (χ0n) is 12.2. The first kappa shape index (κ1) is 15.9. The third-order valence-electron chi connectivity index (χ3n) is 3.52. The zero-order valence-corrected chi connectivity index (χ0v) is 12.2. The van der Waals surface area contributed by atoms with Gasteiger partial charge in [0.2, 0.25) is 0 Å². The Bertz CT molecular complexity index is 183. The van der Waals surface area contributed by atoms with Crippen molar-refractivity contribution in [2.75, 3.05) is 66.2 Å². The number of ether oxygens (including phenoxy) is 2. The molecule has 0 unspecified atom stereocenters. The fourth-order valence-corrected chi connectivity index (χ4v) is 2.21. The Morgan fingerprint density at radius 3 is 2.00 bits per heavy atom. The van der Waals surface area contributed by atoms with Crippen LogP contribution in [0.4, 0.5) is 0 Å². The topological polar surface area (TPSA) is 24.9 Å². The first-order valence-corrected chi connectivity index (χ1v) is 7.38. The van der Waals surface area contributed by atoms with E-state index in [2.05, 4.69) is 16.7 Å². The minimum atomic E-state index is 0.848. The predicted octanol–water partition coefficient (Wildman–Crippen LogP) is 1.46. The van der Waals surface area contributed by atoms with E-state index in [0.29, 0.717) is 0 Å². The van der Waals surface area contributed by atoms with Crippen molar-refractivity contribution in [1.82, 2.24) is 9.80 Å². The van der Waals surface area contributed by atoms with Gasteiger partial charge in [0.05, 0.1) is 13.2 Å². The average molecular weight is 258 g/mol. The quantitative estimate of drug-likeness (QED) is 0.554. The summed E-state index contributed by atoms with van der Waals surface area (Å²) in [5.41, 5.74) is 0. The van der Waals surface area contributed by atoms with Gasteiger partial charge in [0.1, 0.15) is 0 Å². The SMILES string of the molecule is CCCCCOCCN1CCN(CCOC)CC1. The van der Waals surface area contributed by atoms with Crippen LogP contribution in [0.25, 0.3) is 0 Å². The van der Waals surface area contributed by atoms with Crippen molar-refractivity contribution in [3.05, 3.63) is 0 Å². The monoisotopic (exact) mass is 258 g/mol. The van der Waals surface area contributed by atoms with E-state index in [1.165, 1.54) is 45.4 Å². The third-order valence-corrected chi connectivity index (χ3v) is 3.52. The molecule has 108 valence electrons. The molecule has 0 amide bonds. The van der Waals surface area contributed by atoms with Gasteiger partial charge in [-0.1, -0.05) is 19.8 Å². The van der Waals surface area contributed by atoms with Crippen molar-refractivity contribution in [3.8, 4) is 0 Å². The fourth-order valence-electron chi connectivity index (χ4n) is 2.21. The zero-order chi connectivity index (χ0) is 13.1. The molecule has 1 heterocycles. The van der Waals surface area contributed by atoms with Crippen LogP contribution in [0.1, 0.15) is 26.2 Å². The van der Waals surface area contributed by atoms with E-state index in [1.807, 2.05) is 0 Å². The van der Waals surface area contributed by atoms with Gasteiger partial charge in [-0.2, -0.15) is 0 Å². The van der Waals surface area contributed by atoms with Gasteiger partial charge < -0.3 is 9.47 Å². The van der Waals surface area contributed by atoms with Crippen molar-refractivity contribution >= 4 is 0 Å². The first-order valence-electron chi connectivity index (χ1n) is 7.38. The van der Waals surface area contributed by atoms with E-state index in [0.717, 1.165) is 32.9 Å². The molecule has 0 aromatic carbocycles. The largest absolute Gasteiger partial charge is 0.383 e. The number of hydrogen-bond donors (Lipinski definition) is 0. The van der Waals surface area contributed by atoms with Crippen LogP contribution in [0.15, 0.2) is 0 Å². The number of methoxy groups -OCH3 is 1. The molecule has 0 saturated carbocycles. The molecule has 0 aromatic rings. The van der Waals surface area contributed by atoms with Crippen LogP contribution in [-0.2, 0) is 9.47 Å². The van der Waals surface area contributed by atoms with Gasteiger partial charge in [-0.25, -0.2) is 0 Å². The lowest BCUT2D eigenvalue weighted by Crippen LogP contribution is -2.48.